The Labute approximate surface area is 171 Å². The van der Waals surface area contributed by atoms with E-state index in [2.05, 4.69) is 64.2 Å². The maximum absolute atomic E-state index is 12.7. The Bertz CT molecular complexity index is 673. The minimum atomic E-state index is -0.655. The van der Waals surface area contributed by atoms with Crippen molar-refractivity contribution in [1.82, 2.24) is 5.32 Å². The average Bonchev–Trinajstić information content (AvgIpc) is 2.60. The molecule has 0 spiro atoms. The molecular weight excluding hydrogens is 350 g/mol. The largest absolute Gasteiger partial charge is 0.444 e. The molecule has 1 amide bonds. The molecule has 1 N–H and O–H groups in total. The van der Waals surface area contributed by atoms with Crippen molar-refractivity contribution in [3.8, 4) is 0 Å². The molecule has 28 heavy (non-hydrogen) atoms. The summed E-state index contributed by atoms with van der Waals surface area (Å²) < 4.78 is 5.36. The summed E-state index contributed by atoms with van der Waals surface area (Å²) >= 11 is 0. The van der Waals surface area contributed by atoms with E-state index in [9.17, 15) is 9.59 Å². The van der Waals surface area contributed by atoms with Gasteiger partial charge in [-0.3, -0.25) is 9.59 Å². The van der Waals surface area contributed by atoms with Crippen LogP contribution >= 0.6 is 0 Å². The molecule has 1 atom stereocenters. The summed E-state index contributed by atoms with van der Waals surface area (Å²) in [5, 5.41) is 2.64. The third kappa shape index (κ3) is 6.65. The highest BCUT2D eigenvalue weighted by molar-refractivity contribution is 5.78. The van der Waals surface area contributed by atoms with Crippen molar-refractivity contribution in [3.63, 3.8) is 0 Å². The zero-order valence-electron chi connectivity index (χ0n) is 19.1. The maximum Gasteiger partial charge on any atom is 0.313 e. The standard InChI is InChI=1S/C24H39NO3/c1-9-12-20(26)25-17-28-21(27)23(6,7)16-24(8,10-2)19-14-11-13-18(15-19)22(3,4)5/h11,13-15H,9-10,12,16-17H2,1-8H3,(H,25,26). The number of amides is 1. The van der Waals surface area contributed by atoms with Gasteiger partial charge in [-0.25, -0.2) is 0 Å². The molecule has 0 radical (unpaired) electrons. The Hall–Kier alpha value is -1.84. The molecule has 0 aromatic heterocycles. The monoisotopic (exact) mass is 389 g/mol. The first-order valence-corrected chi connectivity index (χ1v) is 10.4. The van der Waals surface area contributed by atoms with Crippen molar-refractivity contribution in [2.24, 2.45) is 5.41 Å². The van der Waals surface area contributed by atoms with Crippen LogP contribution in [-0.2, 0) is 25.2 Å². The van der Waals surface area contributed by atoms with Gasteiger partial charge in [0.05, 0.1) is 5.41 Å². The Kier molecular flexibility index (Phi) is 8.28. The van der Waals surface area contributed by atoms with Gasteiger partial charge in [0.1, 0.15) is 0 Å². The van der Waals surface area contributed by atoms with Crippen molar-refractivity contribution in [3.05, 3.63) is 35.4 Å². The van der Waals surface area contributed by atoms with Gasteiger partial charge in [0.25, 0.3) is 0 Å². The minimum absolute atomic E-state index is 0.0660. The van der Waals surface area contributed by atoms with Crippen molar-refractivity contribution >= 4 is 11.9 Å². The molecule has 0 heterocycles. The molecule has 158 valence electrons. The van der Waals surface area contributed by atoms with Gasteiger partial charge in [-0.2, -0.15) is 0 Å². The molecule has 4 nitrogen and oxygen atoms in total. The summed E-state index contributed by atoms with van der Waals surface area (Å²) in [5.41, 5.74) is 1.83. The molecule has 0 aliphatic heterocycles. The Morgan fingerprint density at radius 2 is 1.61 bits per heavy atom. The second kappa shape index (κ2) is 9.58. The van der Waals surface area contributed by atoms with E-state index >= 15 is 0 Å². The first-order chi connectivity index (χ1) is 12.9. The second-order valence-electron chi connectivity index (χ2n) is 9.73. The van der Waals surface area contributed by atoms with Gasteiger partial charge in [-0.15, -0.1) is 0 Å². The number of carbonyl (C=O) groups is 2. The Morgan fingerprint density at radius 1 is 1.00 bits per heavy atom. The first-order valence-electron chi connectivity index (χ1n) is 10.4. The fraction of sp³-hybridized carbons (Fsp3) is 0.667. The van der Waals surface area contributed by atoms with E-state index in [-0.39, 0.29) is 29.4 Å². The van der Waals surface area contributed by atoms with Crippen LogP contribution in [0.1, 0.15) is 92.2 Å². The zero-order chi connectivity index (χ0) is 21.6. The van der Waals surface area contributed by atoms with E-state index in [1.807, 2.05) is 20.8 Å². The van der Waals surface area contributed by atoms with Crippen LogP contribution in [0.4, 0.5) is 0 Å². The zero-order valence-corrected chi connectivity index (χ0v) is 19.1. The van der Waals surface area contributed by atoms with Crippen molar-refractivity contribution in [2.45, 2.75) is 91.9 Å². The number of hydrogen-bond donors (Lipinski definition) is 1. The van der Waals surface area contributed by atoms with E-state index in [4.69, 9.17) is 4.74 Å². The molecular formula is C24H39NO3. The van der Waals surface area contributed by atoms with Gasteiger partial charge in [0.15, 0.2) is 6.73 Å². The molecule has 0 saturated carbocycles. The SMILES string of the molecule is CCCC(=O)NCOC(=O)C(C)(C)CC(C)(CC)c1cccc(C(C)(C)C)c1. The molecule has 0 saturated heterocycles. The Balaban J connectivity index is 2.91. The van der Waals surface area contributed by atoms with Crippen LogP contribution in [0.3, 0.4) is 0 Å². The van der Waals surface area contributed by atoms with Gasteiger partial charge in [0, 0.05) is 6.42 Å². The van der Waals surface area contributed by atoms with Crippen LogP contribution in [0, 0.1) is 5.41 Å². The fourth-order valence-corrected chi connectivity index (χ4v) is 3.53. The van der Waals surface area contributed by atoms with E-state index in [1.54, 1.807) is 0 Å². The number of esters is 1. The van der Waals surface area contributed by atoms with Gasteiger partial charge in [-0.1, -0.05) is 65.8 Å². The van der Waals surface area contributed by atoms with Crippen molar-refractivity contribution in [2.75, 3.05) is 6.73 Å². The van der Waals surface area contributed by atoms with Gasteiger partial charge >= 0.3 is 5.97 Å². The summed E-state index contributed by atoms with van der Waals surface area (Å²) in [6.45, 7) is 16.7. The van der Waals surface area contributed by atoms with Crippen LogP contribution < -0.4 is 5.32 Å². The van der Waals surface area contributed by atoms with E-state index in [0.717, 1.165) is 12.8 Å². The molecule has 0 fully saturated rings. The molecule has 1 unspecified atom stereocenters. The van der Waals surface area contributed by atoms with Gasteiger partial charge < -0.3 is 10.1 Å². The highest BCUT2D eigenvalue weighted by Crippen LogP contribution is 2.41. The fourth-order valence-electron chi connectivity index (χ4n) is 3.53. The number of nitrogens with one attached hydrogen (secondary N) is 1. The van der Waals surface area contributed by atoms with Crippen LogP contribution in [0.25, 0.3) is 0 Å². The minimum Gasteiger partial charge on any atom is -0.444 e. The Morgan fingerprint density at radius 3 is 2.14 bits per heavy atom. The maximum atomic E-state index is 12.7. The topological polar surface area (TPSA) is 55.4 Å². The third-order valence-electron chi connectivity index (χ3n) is 5.54. The molecule has 1 aromatic rings. The quantitative estimate of drug-likeness (QED) is 0.449. The van der Waals surface area contributed by atoms with E-state index in [0.29, 0.717) is 12.8 Å². The predicted molar refractivity (Wildman–Crippen MR) is 115 cm³/mol. The number of hydrogen-bond acceptors (Lipinski definition) is 3. The van der Waals surface area contributed by atoms with E-state index in [1.165, 1.54) is 11.1 Å². The van der Waals surface area contributed by atoms with Gasteiger partial charge in [0.2, 0.25) is 5.91 Å². The summed E-state index contributed by atoms with van der Waals surface area (Å²) in [6.07, 6.45) is 2.81. The lowest BCUT2D eigenvalue weighted by atomic mass is 9.68. The smallest absolute Gasteiger partial charge is 0.313 e. The summed E-state index contributed by atoms with van der Waals surface area (Å²) in [4.78, 5) is 24.2. The van der Waals surface area contributed by atoms with Crippen LogP contribution in [0.2, 0.25) is 0 Å². The molecule has 0 bridgehead atoms. The van der Waals surface area contributed by atoms with Crippen molar-refractivity contribution < 1.29 is 14.3 Å². The predicted octanol–water partition coefficient (Wildman–Crippen LogP) is 5.49. The van der Waals surface area contributed by atoms with Gasteiger partial charge in [-0.05, 0) is 55.1 Å². The van der Waals surface area contributed by atoms with Crippen LogP contribution in [0.5, 0.6) is 0 Å². The summed E-state index contributed by atoms with van der Waals surface area (Å²) in [7, 11) is 0. The summed E-state index contributed by atoms with van der Waals surface area (Å²) in [5.74, 6) is -0.374. The number of carbonyl (C=O) groups excluding carboxylic acids is 2. The number of rotatable bonds is 9. The molecule has 1 aromatic carbocycles. The molecule has 4 heteroatoms. The summed E-state index contributed by atoms with van der Waals surface area (Å²) in [6, 6.07) is 8.71. The third-order valence-corrected chi connectivity index (χ3v) is 5.54. The molecule has 1 rings (SSSR count). The lowest BCUT2D eigenvalue weighted by Crippen LogP contribution is -2.38. The molecule has 0 aliphatic rings. The van der Waals surface area contributed by atoms with Crippen LogP contribution in [0.15, 0.2) is 24.3 Å². The molecule has 0 aliphatic carbocycles. The first kappa shape index (κ1) is 24.2. The highest BCUT2D eigenvalue weighted by Gasteiger charge is 2.38. The lowest BCUT2D eigenvalue weighted by molar-refractivity contribution is -0.156. The second-order valence-corrected chi connectivity index (χ2v) is 9.73. The average molecular weight is 390 g/mol. The van der Waals surface area contributed by atoms with Crippen LogP contribution in [-0.4, -0.2) is 18.6 Å². The van der Waals surface area contributed by atoms with Crippen molar-refractivity contribution in [1.29, 1.82) is 0 Å². The number of ether oxygens (including phenoxy) is 1. The van der Waals surface area contributed by atoms with E-state index < -0.39 is 5.41 Å². The lowest BCUT2D eigenvalue weighted by Gasteiger charge is -2.37. The number of benzene rings is 1. The highest BCUT2D eigenvalue weighted by atomic mass is 16.5. The normalized spacial score (nSPS) is 14.3.